The van der Waals surface area contributed by atoms with Gasteiger partial charge in [0, 0.05) is 19.0 Å². The third-order valence-corrected chi connectivity index (χ3v) is 7.34. The van der Waals surface area contributed by atoms with E-state index >= 15 is 0 Å². The van der Waals surface area contributed by atoms with Gasteiger partial charge in [0.25, 0.3) is 0 Å². The molecule has 2 aromatic rings. The minimum absolute atomic E-state index is 0.0396. The molecule has 6 heteroatoms. The Hall–Kier alpha value is -2.63. The first-order chi connectivity index (χ1) is 14.6. The number of nitrogens with zero attached hydrogens (tertiary/aromatic N) is 2. The monoisotopic (exact) mass is 406 g/mol. The number of aromatic nitrogens is 2. The molecule has 4 aliphatic carbocycles. The standard InChI is InChI=1S/C24H30N4O2/c29-22(7-6-17-15-25-28(16-17)21-4-2-1-3-5-21)26-27-23(30)14-24-11-18-8-19(12-24)10-20(9-18)13-24/h1-5,15-16,18-20H,6-14H2,(H,26,29)(H,27,30). The number of hydrogen-bond acceptors (Lipinski definition) is 3. The first kappa shape index (κ1) is 19.3. The van der Waals surface area contributed by atoms with Crippen molar-refractivity contribution in [2.75, 3.05) is 0 Å². The van der Waals surface area contributed by atoms with Crippen molar-refractivity contribution in [3.63, 3.8) is 0 Å². The largest absolute Gasteiger partial charge is 0.273 e. The van der Waals surface area contributed by atoms with Crippen LogP contribution in [0, 0.1) is 23.2 Å². The summed E-state index contributed by atoms with van der Waals surface area (Å²) in [6.07, 6.45) is 12.9. The molecule has 30 heavy (non-hydrogen) atoms. The molecule has 6 rings (SSSR count). The minimum atomic E-state index is -0.165. The highest BCUT2D eigenvalue weighted by Gasteiger charge is 2.51. The highest BCUT2D eigenvalue weighted by atomic mass is 16.2. The predicted octanol–water partition coefficient (Wildman–Crippen LogP) is 3.56. The summed E-state index contributed by atoms with van der Waals surface area (Å²) in [5, 5.41) is 4.36. The van der Waals surface area contributed by atoms with Gasteiger partial charge in [-0.2, -0.15) is 5.10 Å². The molecular formula is C24H30N4O2. The topological polar surface area (TPSA) is 76.0 Å². The van der Waals surface area contributed by atoms with Crippen molar-refractivity contribution in [1.29, 1.82) is 0 Å². The van der Waals surface area contributed by atoms with Crippen molar-refractivity contribution in [1.82, 2.24) is 20.6 Å². The Morgan fingerprint density at radius 2 is 1.60 bits per heavy atom. The van der Waals surface area contributed by atoms with Gasteiger partial charge in [-0.05, 0) is 85.8 Å². The van der Waals surface area contributed by atoms with Gasteiger partial charge in [-0.15, -0.1) is 0 Å². The van der Waals surface area contributed by atoms with Crippen LogP contribution < -0.4 is 10.9 Å². The molecule has 2 N–H and O–H groups in total. The van der Waals surface area contributed by atoms with Gasteiger partial charge < -0.3 is 0 Å². The zero-order valence-electron chi connectivity index (χ0n) is 17.3. The van der Waals surface area contributed by atoms with E-state index in [9.17, 15) is 9.59 Å². The molecule has 4 saturated carbocycles. The van der Waals surface area contributed by atoms with Gasteiger partial charge in [0.2, 0.25) is 11.8 Å². The fourth-order valence-corrected chi connectivity index (χ4v) is 6.56. The number of carbonyl (C=O) groups is 2. The van der Waals surface area contributed by atoms with Gasteiger partial charge in [0.1, 0.15) is 0 Å². The molecule has 158 valence electrons. The second-order valence-electron chi connectivity index (χ2n) is 9.82. The highest BCUT2D eigenvalue weighted by molar-refractivity contribution is 5.82. The molecule has 4 aliphatic rings. The Bertz CT molecular complexity index is 885. The number of nitrogens with one attached hydrogen (secondary N) is 2. The van der Waals surface area contributed by atoms with Crippen LogP contribution in [0.15, 0.2) is 42.7 Å². The van der Waals surface area contributed by atoms with E-state index < -0.39 is 0 Å². The Labute approximate surface area is 177 Å². The molecule has 6 nitrogen and oxygen atoms in total. The molecule has 1 heterocycles. The Kier molecular flexibility index (Phi) is 5.09. The molecule has 0 spiro atoms. The van der Waals surface area contributed by atoms with E-state index in [1.807, 2.05) is 36.5 Å². The van der Waals surface area contributed by atoms with E-state index in [0.29, 0.717) is 19.3 Å². The van der Waals surface area contributed by atoms with Crippen molar-refractivity contribution < 1.29 is 9.59 Å². The maximum atomic E-state index is 12.5. The smallest absolute Gasteiger partial charge is 0.238 e. The summed E-state index contributed by atoms with van der Waals surface area (Å²) in [6, 6.07) is 9.88. The van der Waals surface area contributed by atoms with Crippen LogP contribution in [0.1, 0.15) is 56.9 Å². The number of rotatable bonds is 6. The third kappa shape index (κ3) is 4.13. The van der Waals surface area contributed by atoms with Crippen LogP contribution in [0.4, 0.5) is 0 Å². The van der Waals surface area contributed by atoms with E-state index in [0.717, 1.165) is 29.0 Å². The van der Waals surface area contributed by atoms with Gasteiger partial charge in [-0.1, -0.05) is 18.2 Å². The fraction of sp³-hybridized carbons (Fsp3) is 0.542. The highest BCUT2D eigenvalue weighted by Crippen LogP contribution is 2.61. The third-order valence-electron chi connectivity index (χ3n) is 7.34. The molecule has 4 bridgehead atoms. The average Bonchev–Trinajstić information content (AvgIpc) is 3.19. The lowest BCUT2D eigenvalue weighted by Gasteiger charge is -2.56. The number of hydrogen-bond donors (Lipinski definition) is 2. The van der Waals surface area contributed by atoms with Gasteiger partial charge in [0.15, 0.2) is 0 Å². The quantitative estimate of drug-likeness (QED) is 0.720. The van der Waals surface area contributed by atoms with Gasteiger partial charge in [-0.25, -0.2) is 4.68 Å². The number of hydrazine groups is 1. The minimum Gasteiger partial charge on any atom is -0.273 e. The van der Waals surface area contributed by atoms with Crippen LogP contribution in [-0.2, 0) is 16.0 Å². The van der Waals surface area contributed by atoms with Crippen LogP contribution in [-0.4, -0.2) is 21.6 Å². The lowest BCUT2D eigenvalue weighted by molar-refractivity contribution is -0.134. The fourth-order valence-electron chi connectivity index (χ4n) is 6.56. The summed E-state index contributed by atoms with van der Waals surface area (Å²) >= 11 is 0. The van der Waals surface area contributed by atoms with Crippen LogP contribution in [0.2, 0.25) is 0 Å². The Morgan fingerprint density at radius 3 is 2.27 bits per heavy atom. The zero-order valence-corrected chi connectivity index (χ0v) is 17.3. The molecule has 2 amide bonds. The maximum absolute atomic E-state index is 12.5. The second-order valence-corrected chi connectivity index (χ2v) is 9.82. The molecule has 1 aromatic heterocycles. The second kappa shape index (κ2) is 7.89. The first-order valence-corrected chi connectivity index (χ1v) is 11.2. The molecule has 1 aromatic carbocycles. The van der Waals surface area contributed by atoms with Crippen LogP contribution in [0.3, 0.4) is 0 Å². The summed E-state index contributed by atoms with van der Waals surface area (Å²) in [5.74, 6) is 2.28. The summed E-state index contributed by atoms with van der Waals surface area (Å²) in [7, 11) is 0. The number of para-hydroxylation sites is 1. The number of aryl methyl sites for hydroxylation is 1. The summed E-state index contributed by atoms with van der Waals surface area (Å²) in [6.45, 7) is 0. The molecule has 0 atom stereocenters. The van der Waals surface area contributed by atoms with E-state index in [-0.39, 0.29) is 17.2 Å². The van der Waals surface area contributed by atoms with Crippen LogP contribution in [0.5, 0.6) is 0 Å². The summed E-state index contributed by atoms with van der Waals surface area (Å²) < 4.78 is 1.81. The molecule has 0 aliphatic heterocycles. The van der Waals surface area contributed by atoms with Crippen LogP contribution in [0.25, 0.3) is 5.69 Å². The summed E-state index contributed by atoms with van der Waals surface area (Å²) in [5.41, 5.74) is 7.45. The number of carbonyl (C=O) groups excluding carboxylic acids is 2. The van der Waals surface area contributed by atoms with Crippen molar-refractivity contribution in [2.45, 2.75) is 57.8 Å². The van der Waals surface area contributed by atoms with Crippen molar-refractivity contribution in [2.24, 2.45) is 23.2 Å². The molecule has 0 saturated heterocycles. The van der Waals surface area contributed by atoms with Crippen LogP contribution >= 0.6 is 0 Å². The van der Waals surface area contributed by atoms with Crippen molar-refractivity contribution in [3.05, 3.63) is 48.3 Å². The Balaban J connectivity index is 1.07. The maximum Gasteiger partial charge on any atom is 0.238 e. The van der Waals surface area contributed by atoms with E-state index in [1.54, 1.807) is 10.9 Å². The van der Waals surface area contributed by atoms with Crippen molar-refractivity contribution in [3.8, 4) is 5.69 Å². The van der Waals surface area contributed by atoms with E-state index in [4.69, 9.17) is 0 Å². The molecule has 4 fully saturated rings. The molecular weight excluding hydrogens is 376 g/mol. The average molecular weight is 407 g/mol. The zero-order chi connectivity index (χ0) is 20.6. The SMILES string of the molecule is O=C(CCc1cnn(-c2ccccc2)c1)NNC(=O)CC12CC3CC(CC(C3)C1)C2. The van der Waals surface area contributed by atoms with Gasteiger partial charge in [-0.3, -0.25) is 20.4 Å². The first-order valence-electron chi connectivity index (χ1n) is 11.2. The summed E-state index contributed by atoms with van der Waals surface area (Å²) in [4.78, 5) is 24.7. The predicted molar refractivity (Wildman–Crippen MR) is 113 cm³/mol. The van der Waals surface area contributed by atoms with Gasteiger partial charge in [0.05, 0.1) is 11.9 Å². The molecule has 0 radical (unpaired) electrons. The van der Waals surface area contributed by atoms with Gasteiger partial charge >= 0.3 is 0 Å². The molecule has 0 unspecified atom stereocenters. The van der Waals surface area contributed by atoms with E-state index in [2.05, 4.69) is 16.0 Å². The Morgan fingerprint density at radius 1 is 0.967 bits per heavy atom. The number of amides is 2. The number of benzene rings is 1. The normalized spacial score (nSPS) is 29.0. The van der Waals surface area contributed by atoms with Crippen molar-refractivity contribution >= 4 is 11.8 Å². The lowest BCUT2D eigenvalue weighted by Crippen LogP contribution is -2.50. The van der Waals surface area contributed by atoms with E-state index in [1.165, 1.54) is 38.5 Å². The lowest BCUT2D eigenvalue weighted by atomic mass is 9.49.